The molecule has 0 bridgehead atoms. The van der Waals surface area contributed by atoms with Crippen molar-refractivity contribution in [3.63, 3.8) is 0 Å². The zero-order valence-electron chi connectivity index (χ0n) is 17.3. The van der Waals surface area contributed by atoms with Gasteiger partial charge in [0.15, 0.2) is 0 Å². The molecular weight excluding hydrogens is 372 g/mol. The van der Waals surface area contributed by atoms with Gasteiger partial charge >= 0.3 is 0 Å². The zero-order chi connectivity index (χ0) is 20.1. The van der Waals surface area contributed by atoms with Crippen molar-refractivity contribution in [3.05, 3.63) is 24.3 Å². The summed E-state index contributed by atoms with van der Waals surface area (Å²) in [6.07, 6.45) is 0. The highest BCUT2D eigenvalue weighted by Gasteiger charge is 2.32. The third kappa shape index (κ3) is 4.70. The molecule has 3 rings (SSSR count). The molecule has 154 valence electrons. The second-order valence-electron chi connectivity index (χ2n) is 7.36. The molecule has 1 aromatic rings. The number of likely N-dealkylation sites (N-methyl/N-ethyl adjacent to an activating group) is 1. The fourth-order valence-corrected chi connectivity index (χ4v) is 4.95. The van der Waals surface area contributed by atoms with Crippen molar-refractivity contribution >= 4 is 29.3 Å². The topological polar surface area (TPSA) is 47.1 Å². The maximum absolute atomic E-state index is 13.2. The minimum atomic E-state index is -0.142. The van der Waals surface area contributed by atoms with E-state index in [0.29, 0.717) is 6.54 Å². The van der Waals surface area contributed by atoms with E-state index in [-0.39, 0.29) is 17.9 Å². The molecule has 2 amide bonds. The molecule has 7 heteroatoms. The first-order valence-electron chi connectivity index (χ1n) is 10.3. The summed E-state index contributed by atoms with van der Waals surface area (Å²) in [6.45, 7) is 12.1. The lowest BCUT2D eigenvalue weighted by Gasteiger charge is -2.40. The van der Waals surface area contributed by atoms with Gasteiger partial charge in [-0.2, -0.15) is 0 Å². The second kappa shape index (κ2) is 9.76. The lowest BCUT2D eigenvalue weighted by molar-refractivity contribution is -0.133. The number of piperazine rings is 1. The van der Waals surface area contributed by atoms with Gasteiger partial charge in [-0.3, -0.25) is 19.4 Å². The average Bonchev–Trinajstić information content (AvgIpc) is 2.73. The first-order valence-corrected chi connectivity index (χ1v) is 11.3. The summed E-state index contributed by atoms with van der Waals surface area (Å²) in [5.74, 6) is 1.32. The molecule has 1 unspecified atom stereocenters. The smallest absolute Gasteiger partial charge is 0.244 e. The van der Waals surface area contributed by atoms with Crippen LogP contribution in [-0.4, -0.2) is 90.7 Å². The Morgan fingerprint density at radius 2 is 1.75 bits per heavy atom. The molecule has 2 heterocycles. The Hall–Kier alpha value is -1.57. The van der Waals surface area contributed by atoms with E-state index in [0.717, 1.165) is 57.3 Å². The first-order chi connectivity index (χ1) is 13.5. The van der Waals surface area contributed by atoms with Gasteiger partial charge in [0.25, 0.3) is 0 Å². The number of rotatable bonds is 6. The molecular formula is C21H32N4O2S. The van der Waals surface area contributed by atoms with Gasteiger partial charge in [0.1, 0.15) is 0 Å². The van der Waals surface area contributed by atoms with Gasteiger partial charge < -0.3 is 9.80 Å². The fraction of sp³-hybridized carbons (Fsp3) is 0.619. The highest BCUT2D eigenvalue weighted by Crippen LogP contribution is 2.34. The van der Waals surface area contributed by atoms with Crippen LogP contribution in [0.2, 0.25) is 0 Å². The molecule has 1 fully saturated rings. The Labute approximate surface area is 172 Å². The first kappa shape index (κ1) is 21.1. The number of carbonyl (C=O) groups is 2. The summed E-state index contributed by atoms with van der Waals surface area (Å²) in [4.78, 5) is 35.0. The van der Waals surface area contributed by atoms with E-state index in [1.165, 1.54) is 4.90 Å². The van der Waals surface area contributed by atoms with Crippen LogP contribution in [-0.2, 0) is 9.59 Å². The molecule has 28 heavy (non-hydrogen) atoms. The molecule has 6 nitrogen and oxygen atoms in total. The van der Waals surface area contributed by atoms with E-state index in [2.05, 4.69) is 15.9 Å². The van der Waals surface area contributed by atoms with Crippen LogP contribution < -0.4 is 4.90 Å². The zero-order valence-corrected chi connectivity index (χ0v) is 18.1. The Morgan fingerprint density at radius 3 is 2.43 bits per heavy atom. The molecule has 1 atom stereocenters. The van der Waals surface area contributed by atoms with Crippen LogP contribution in [0.1, 0.15) is 20.8 Å². The van der Waals surface area contributed by atoms with Gasteiger partial charge in [-0.1, -0.05) is 12.1 Å². The lowest BCUT2D eigenvalue weighted by Crippen LogP contribution is -2.56. The van der Waals surface area contributed by atoms with Crippen molar-refractivity contribution in [1.29, 1.82) is 0 Å². The highest BCUT2D eigenvalue weighted by molar-refractivity contribution is 7.99. The van der Waals surface area contributed by atoms with E-state index in [1.54, 1.807) is 0 Å². The standard InChI is InChI=1S/C21H32N4O2S/c1-4-23(5-2)20(26)16-22-10-12-24(13-11-22)17(3)21(27)25-14-15-28-19-9-7-6-8-18(19)25/h6-9,17H,4-5,10-16H2,1-3H3. The highest BCUT2D eigenvalue weighted by atomic mass is 32.2. The van der Waals surface area contributed by atoms with Gasteiger partial charge in [-0.15, -0.1) is 11.8 Å². The number of hydrogen-bond donors (Lipinski definition) is 0. The largest absolute Gasteiger partial charge is 0.342 e. The second-order valence-corrected chi connectivity index (χ2v) is 8.50. The number of benzene rings is 1. The molecule has 0 spiro atoms. The molecule has 1 aromatic carbocycles. The van der Waals surface area contributed by atoms with Crippen LogP contribution in [0.4, 0.5) is 5.69 Å². The van der Waals surface area contributed by atoms with Crippen molar-refractivity contribution in [2.45, 2.75) is 31.7 Å². The Kier molecular flexibility index (Phi) is 7.37. The maximum Gasteiger partial charge on any atom is 0.244 e. The minimum absolute atomic E-state index is 0.142. The number of nitrogens with zero attached hydrogens (tertiary/aromatic N) is 4. The summed E-state index contributed by atoms with van der Waals surface area (Å²) in [5, 5.41) is 0. The summed E-state index contributed by atoms with van der Waals surface area (Å²) in [6, 6.07) is 8.03. The van der Waals surface area contributed by atoms with E-state index < -0.39 is 0 Å². The van der Waals surface area contributed by atoms with E-state index >= 15 is 0 Å². The quantitative estimate of drug-likeness (QED) is 0.726. The van der Waals surface area contributed by atoms with Crippen LogP contribution in [0, 0.1) is 0 Å². The Balaban J connectivity index is 1.55. The fourth-order valence-electron chi connectivity index (χ4n) is 3.96. The van der Waals surface area contributed by atoms with Crippen LogP contribution in [0.3, 0.4) is 0 Å². The van der Waals surface area contributed by atoms with Crippen LogP contribution >= 0.6 is 11.8 Å². The van der Waals surface area contributed by atoms with E-state index in [4.69, 9.17) is 0 Å². The summed E-state index contributed by atoms with van der Waals surface area (Å²) < 4.78 is 0. The van der Waals surface area contributed by atoms with Crippen molar-refractivity contribution in [2.75, 3.05) is 63.0 Å². The molecule has 0 saturated carbocycles. The number of thioether (sulfide) groups is 1. The Bertz CT molecular complexity index is 687. The molecule has 0 aliphatic carbocycles. The minimum Gasteiger partial charge on any atom is -0.342 e. The van der Waals surface area contributed by atoms with Gasteiger partial charge in [0.05, 0.1) is 18.3 Å². The number of hydrogen-bond acceptors (Lipinski definition) is 5. The predicted octanol–water partition coefficient (Wildman–Crippen LogP) is 2.00. The summed E-state index contributed by atoms with van der Waals surface area (Å²) in [7, 11) is 0. The van der Waals surface area contributed by atoms with Gasteiger partial charge in [0, 0.05) is 56.5 Å². The lowest BCUT2D eigenvalue weighted by atomic mass is 10.1. The molecule has 2 aliphatic rings. The maximum atomic E-state index is 13.2. The number of amides is 2. The van der Waals surface area contributed by atoms with Crippen molar-refractivity contribution in [2.24, 2.45) is 0 Å². The number of anilines is 1. The van der Waals surface area contributed by atoms with E-state index in [1.807, 2.05) is 60.5 Å². The average molecular weight is 405 g/mol. The summed E-state index contributed by atoms with van der Waals surface area (Å²) >= 11 is 1.82. The van der Waals surface area contributed by atoms with Crippen molar-refractivity contribution in [3.8, 4) is 0 Å². The monoisotopic (exact) mass is 404 g/mol. The van der Waals surface area contributed by atoms with Crippen LogP contribution in [0.25, 0.3) is 0 Å². The van der Waals surface area contributed by atoms with Gasteiger partial charge in [-0.05, 0) is 32.9 Å². The normalized spacial score (nSPS) is 19.2. The van der Waals surface area contributed by atoms with Crippen molar-refractivity contribution < 1.29 is 9.59 Å². The Morgan fingerprint density at radius 1 is 1.07 bits per heavy atom. The van der Waals surface area contributed by atoms with Crippen molar-refractivity contribution in [1.82, 2.24) is 14.7 Å². The number of fused-ring (bicyclic) bond motifs is 1. The molecule has 1 saturated heterocycles. The summed E-state index contributed by atoms with van der Waals surface area (Å²) in [5.41, 5.74) is 1.04. The van der Waals surface area contributed by atoms with Gasteiger partial charge in [-0.25, -0.2) is 0 Å². The molecule has 0 radical (unpaired) electrons. The molecule has 0 N–H and O–H groups in total. The molecule has 0 aromatic heterocycles. The number of carbonyl (C=O) groups excluding carboxylic acids is 2. The SMILES string of the molecule is CCN(CC)C(=O)CN1CCN(C(C)C(=O)N2CCSc3ccccc32)CC1. The van der Waals surface area contributed by atoms with Crippen LogP contribution in [0.5, 0.6) is 0 Å². The third-order valence-electron chi connectivity index (χ3n) is 5.78. The number of para-hydroxylation sites is 1. The third-order valence-corrected chi connectivity index (χ3v) is 6.82. The van der Waals surface area contributed by atoms with Gasteiger partial charge in [0.2, 0.25) is 11.8 Å². The molecule has 2 aliphatic heterocycles. The van der Waals surface area contributed by atoms with E-state index in [9.17, 15) is 9.59 Å². The van der Waals surface area contributed by atoms with Crippen LogP contribution in [0.15, 0.2) is 29.2 Å². The predicted molar refractivity (Wildman–Crippen MR) is 115 cm³/mol.